The van der Waals surface area contributed by atoms with E-state index in [4.69, 9.17) is 11.6 Å². The third kappa shape index (κ3) is 6.43. The van der Waals surface area contributed by atoms with Gasteiger partial charge in [0.25, 0.3) is 10.0 Å². The summed E-state index contributed by atoms with van der Waals surface area (Å²) in [5.74, 6) is -0.736. The SMILES string of the molecule is Cc1ccccc1C(NC(=O)CN(c1cc(C(F)(F)F)ccc1Cl)S(=O)(=O)c1ccccc1)c1ccccc1. The predicted octanol–water partition coefficient (Wildman–Crippen LogP) is 6.77. The number of anilines is 1. The molecule has 0 radical (unpaired) electrons. The third-order valence-electron chi connectivity index (χ3n) is 6.10. The first-order valence-electron chi connectivity index (χ1n) is 11.8. The van der Waals surface area contributed by atoms with Crippen LogP contribution in [0.1, 0.15) is 28.3 Å². The second-order valence-electron chi connectivity index (χ2n) is 8.76. The van der Waals surface area contributed by atoms with Crippen LogP contribution in [-0.2, 0) is 21.0 Å². The number of amides is 1. The maximum absolute atomic E-state index is 13.7. The molecule has 0 aliphatic rings. The van der Waals surface area contributed by atoms with Crippen LogP contribution in [0, 0.1) is 6.92 Å². The summed E-state index contributed by atoms with van der Waals surface area (Å²) < 4.78 is 68.6. The number of benzene rings is 4. The molecular weight excluding hydrogens is 549 g/mol. The van der Waals surface area contributed by atoms with Crippen molar-refractivity contribution < 1.29 is 26.4 Å². The van der Waals surface area contributed by atoms with Gasteiger partial charge in [-0.15, -0.1) is 0 Å². The Morgan fingerprint density at radius 3 is 2.10 bits per heavy atom. The van der Waals surface area contributed by atoms with Gasteiger partial charge in [-0.2, -0.15) is 13.2 Å². The molecular formula is C29H24ClF3N2O3S. The molecule has 0 fully saturated rings. The molecule has 1 N–H and O–H groups in total. The van der Waals surface area contributed by atoms with Crippen LogP contribution < -0.4 is 9.62 Å². The molecule has 4 rings (SSSR count). The highest BCUT2D eigenvalue weighted by Crippen LogP contribution is 2.37. The molecule has 0 aliphatic carbocycles. The highest BCUT2D eigenvalue weighted by molar-refractivity contribution is 7.92. The fraction of sp³-hybridized carbons (Fsp3) is 0.138. The zero-order chi connectivity index (χ0) is 28.2. The topological polar surface area (TPSA) is 66.5 Å². The van der Waals surface area contributed by atoms with Crippen molar-refractivity contribution in [2.24, 2.45) is 0 Å². The van der Waals surface area contributed by atoms with Gasteiger partial charge in [0, 0.05) is 0 Å². The molecule has 0 aliphatic heterocycles. The monoisotopic (exact) mass is 572 g/mol. The van der Waals surface area contributed by atoms with Crippen molar-refractivity contribution in [3.63, 3.8) is 0 Å². The first-order valence-corrected chi connectivity index (χ1v) is 13.6. The van der Waals surface area contributed by atoms with Crippen LogP contribution in [0.3, 0.4) is 0 Å². The van der Waals surface area contributed by atoms with E-state index in [9.17, 15) is 26.4 Å². The van der Waals surface area contributed by atoms with Crippen molar-refractivity contribution in [2.75, 3.05) is 10.8 Å². The number of hydrogen-bond donors (Lipinski definition) is 1. The molecule has 0 spiro atoms. The molecule has 202 valence electrons. The summed E-state index contributed by atoms with van der Waals surface area (Å²) in [7, 11) is -4.49. The van der Waals surface area contributed by atoms with E-state index in [1.165, 1.54) is 24.3 Å². The maximum atomic E-state index is 13.7. The molecule has 1 atom stereocenters. The van der Waals surface area contributed by atoms with E-state index < -0.39 is 45.9 Å². The average molecular weight is 573 g/mol. The van der Waals surface area contributed by atoms with Crippen molar-refractivity contribution in [3.8, 4) is 0 Å². The number of nitrogens with zero attached hydrogens (tertiary/aromatic N) is 1. The van der Waals surface area contributed by atoms with E-state index >= 15 is 0 Å². The lowest BCUT2D eigenvalue weighted by molar-refractivity contribution is -0.137. The van der Waals surface area contributed by atoms with Crippen molar-refractivity contribution >= 4 is 33.2 Å². The summed E-state index contributed by atoms with van der Waals surface area (Å²) in [6.07, 6.45) is -4.76. The quantitative estimate of drug-likeness (QED) is 0.253. The lowest BCUT2D eigenvalue weighted by Gasteiger charge is -2.27. The number of halogens is 4. The smallest absolute Gasteiger partial charge is 0.344 e. The van der Waals surface area contributed by atoms with Gasteiger partial charge in [-0.1, -0.05) is 84.4 Å². The number of nitrogens with one attached hydrogen (secondary N) is 1. The van der Waals surface area contributed by atoms with Gasteiger partial charge in [0.2, 0.25) is 5.91 Å². The normalized spacial score (nSPS) is 12.5. The summed E-state index contributed by atoms with van der Waals surface area (Å²) >= 11 is 6.23. The minimum absolute atomic E-state index is 0.204. The van der Waals surface area contributed by atoms with Gasteiger partial charge in [-0.3, -0.25) is 9.10 Å². The van der Waals surface area contributed by atoms with Crippen LogP contribution in [0.5, 0.6) is 0 Å². The van der Waals surface area contributed by atoms with Crippen LogP contribution >= 0.6 is 11.6 Å². The Morgan fingerprint density at radius 2 is 1.49 bits per heavy atom. The molecule has 0 aromatic heterocycles. The zero-order valence-electron chi connectivity index (χ0n) is 20.7. The molecule has 5 nitrogen and oxygen atoms in total. The number of carbonyl (C=O) groups is 1. The van der Waals surface area contributed by atoms with Crippen molar-refractivity contribution in [2.45, 2.75) is 24.0 Å². The van der Waals surface area contributed by atoms with Gasteiger partial charge in [0.05, 0.1) is 27.2 Å². The van der Waals surface area contributed by atoms with Gasteiger partial charge in [0.15, 0.2) is 0 Å². The molecule has 1 unspecified atom stereocenters. The Hall–Kier alpha value is -3.82. The summed E-state index contributed by atoms with van der Waals surface area (Å²) in [4.78, 5) is 13.3. The second kappa shape index (κ2) is 11.5. The molecule has 1 amide bonds. The minimum atomic E-state index is -4.76. The van der Waals surface area contributed by atoms with Crippen molar-refractivity contribution in [3.05, 3.63) is 130 Å². The molecule has 0 saturated heterocycles. The van der Waals surface area contributed by atoms with Gasteiger partial charge < -0.3 is 5.32 Å². The number of rotatable bonds is 8. The fourth-order valence-corrected chi connectivity index (χ4v) is 5.86. The summed E-state index contributed by atoms with van der Waals surface area (Å²) in [6.45, 7) is 1.07. The first kappa shape index (κ1) is 28.2. The Labute approximate surface area is 229 Å². The molecule has 4 aromatic carbocycles. The van der Waals surface area contributed by atoms with E-state index in [1.807, 2.05) is 49.4 Å². The second-order valence-corrected chi connectivity index (χ2v) is 11.0. The molecule has 0 saturated carbocycles. The van der Waals surface area contributed by atoms with Gasteiger partial charge in [-0.05, 0) is 53.9 Å². The standard InChI is InChI=1S/C29H24ClF3N2O3S/c1-20-10-8-9-15-24(20)28(21-11-4-2-5-12-21)34-27(36)19-35(39(37,38)23-13-6-3-7-14-23)26-18-22(29(31,32)33)16-17-25(26)30/h2-18,28H,19H2,1H3,(H,34,36). The molecule has 0 bridgehead atoms. The maximum Gasteiger partial charge on any atom is 0.416 e. The Balaban J connectivity index is 1.77. The van der Waals surface area contributed by atoms with Crippen LogP contribution in [0.2, 0.25) is 5.02 Å². The largest absolute Gasteiger partial charge is 0.416 e. The molecule has 4 aromatic rings. The Bertz CT molecular complexity index is 1560. The molecule has 0 heterocycles. The lowest BCUT2D eigenvalue weighted by Crippen LogP contribution is -2.42. The van der Waals surface area contributed by atoms with Crippen molar-refractivity contribution in [1.29, 1.82) is 0 Å². The van der Waals surface area contributed by atoms with Crippen LogP contribution in [0.15, 0.2) is 108 Å². The highest BCUT2D eigenvalue weighted by Gasteiger charge is 2.35. The Morgan fingerprint density at radius 1 is 0.897 bits per heavy atom. The van der Waals surface area contributed by atoms with Gasteiger partial charge in [-0.25, -0.2) is 8.42 Å². The molecule has 39 heavy (non-hydrogen) atoms. The number of hydrogen-bond acceptors (Lipinski definition) is 3. The number of carbonyl (C=O) groups excluding carboxylic acids is 1. The van der Waals surface area contributed by atoms with E-state index in [0.717, 1.165) is 28.8 Å². The average Bonchev–Trinajstić information content (AvgIpc) is 2.91. The minimum Gasteiger partial charge on any atom is -0.344 e. The van der Waals surface area contributed by atoms with Crippen molar-refractivity contribution in [1.82, 2.24) is 5.32 Å². The Kier molecular flexibility index (Phi) is 8.32. The summed E-state index contributed by atoms with van der Waals surface area (Å²) in [5, 5.41) is 2.61. The fourth-order valence-electron chi connectivity index (χ4n) is 4.13. The van der Waals surface area contributed by atoms with E-state index in [1.54, 1.807) is 18.2 Å². The van der Waals surface area contributed by atoms with Crippen LogP contribution in [-0.4, -0.2) is 20.9 Å². The predicted molar refractivity (Wildman–Crippen MR) is 145 cm³/mol. The van der Waals surface area contributed by atoms with E-state index in [2.05, 4.69) is 5.32 Å². The number of alkyl halides is 3. The summed E-state index contributed by atoms with van der Waals surface area (Å²) in [5.41, 5.74) is 0.859. The van der Waals surface area contributed by atoms with Gasteiger partial charge in [0.1, 0.15) is 6.54 Å². The molecule has 10 heteroatoms. The zero-order valence-corrected chi connectivity index (χ0v) is 22.3. The van der Waals surface area contributed by atoms with Crippen LogP contribution in [0.4, 0.5) is 18.9 Å². The summed E-state index contributed by atoms with van der Waals surface area (Å²) in [6, 6.07) is 25.3. The lowest BCUT2D eigenvalue weighted by atomic mass is 9.95. The van der Waals surface area contributed by atoms with Crippen LogP contribution in [0.25, 0.3) is 0 Å². The first-order chi connectivity index (χ1) is 18.5. The number of sulfonamides is 1. The van der Waals surface area contributed by atoms with Gasteiger partial charge >= 0.3 is 6.18 Å². The third-order valence-corrected chi connectivity index (χ3v) is 8.19. The highest BCUT2D eigenvalue weighted by atomic mass is 35.5. The van der Waals surface area contributed by atoms with E-state index in [-0.39, 0.29) is 9.92 Å². The van der Waals surface area contributed by atoms with E-state index in [0.29, 0.717) is 10.4 Å². The number of aryl methyl sites for hydroxylation is 1.